The molecule has 24 heavy (non-hydrogen) atoms. The van der Waals surface area contributed by atoms with E-state index < -0.39 is 0 Å². The predicted molar refractivity (Wildman–Crippen MR) is 99.3 cm³/mol. The molecule has 3 rings (SSSR count). The first-order valence-corrected chi connectivity index (χ1v) is 8.71. The normalized spacial score (nSPS) is 16.4. The standard InChI is InChI=1S/C21H26N2O/c1-15-11-12-19(16(2)13-15)22-14-21(24)23(3)20-10-6-8-17-7-4-5-9-18(17)20/h4-5,7,9,11-13,20,22H,6,8,10,14H2,1-3H3. The zero-order valence-electron chi connectivity index (χ0n) is 14.8. The van der Waals surface area contributed by atoms with Gasteiger partial charge in [0.1, 0.15) is 0 Å². The van der Waals surface area contributed by atoms with Gasteiger partial charge in [0.05, 0.1) is 12.6 Å². The van der Waals surface area contributed by atoms with Gasteiger partial charge in [-0.05, 0) is 55.9 Å². The first kappa shape index (κ1) is 16.6. The van der Waals surface area contributed by atoms with Crippen molar-refractivity contribution in [2.24, 2.45) is 0 Å². The molecule has 0 spiro atoms. The molecular weight excluding hydrogens is 296 g/mol. The van der Waals surface area contributed by atoms with E-state index in [0.717, 1.165) is 24.9 Å². The van der Waals surface area contributed by atoms with Gasteiger partial charge < -0.3 is 10.2 Å². The fraction of sp³-hybridized carbons (Fsp3) is 0.381. The van der Waals surface area contributed by atoms with E-state index in [-0.39, 0.29) is 11.9 Å². The number of hydrogen-bond acceptors (Lipinski definition) is 2. The van der Waals surface area contributed by atoms with Crippen LogP contribution in [0.5, 0.6) is 0 Å². The molecule has 0 saturated carbocycles. The van der Waals surface area contributed by atoms with Crippen molar-refractivity contribution in [1.29, 1.82) is 0 Å². The second-order valence-electron chi connectivity index (χ2n) is 6.78. The lowest BCUT2D eigenvalue weighted by Gasteiger charge is -2.33. The maximum Gasteiger partial charge on any atom is 0.242 e. The van der Waals surface area contributed by atoms with E-state index in [2.05, 4.69) is 55.6 Å². The fourth-order valence-electron chi connectivity index (χ4n) is 3.61. The van der Waals surface area contributed by atoms with Crippen LogP contribution in [0.3, 0.4) is 0 Å². The summed E-state index contributed by atoms with van der Waals surface area (Å²) in [5.74, 6) is 0.136. The number of likely N-dealkylation sites (N-methyl/N-ethyl adjacent to an activating group) is 1. The molecule has 2 aromatic rings. The third-order valence-corrected chi connectivity index (χ3v) is 5.01. The Morgan fingerprint density at radius 2 is 2.00 bits per heavy atom. The number of carbonyl (C=O) groups is 1. The molecule has 1 N–H and O–H groups in total. The van der Waals surface area contributed by atoms with Crippen LogP contribution in [0.2, 0.25) is 0 Å². The summed E-state index contributed by atoms with van der Waals surface area (Å²) in [7, 11) is 1.93. The zero-order chi connectivity index (χ0) is 17.1. The van der Waals surface area contributed by atoms with E-state index in [1.807, 2.05) is 18.0 Å². The van der Waals surface area contributed by atoms with Gasteiger partial charge in [-0.3, -0.25) is 4.79 Å². The van der Waals surface area contributed by atoms with Gasteiger partial charge in [-0.15, -0.1) is 0 Å². The Morgan fingerprint density at radius 3 is 2.79 bits per heavy atom. The molecule has 0 heterocycles. The Morgan fingerprint density at radius 1 is 1.21 bits per heavy atom. The maximum atomic E-state index is 12.7. The highest BCUT2D eigenvalue weighted by Gasteiger charge is 2.26. The number of anilines is 1. The van der Waals surface area contributed by atoms with Gasteiger partial charge >= 0.3 is 0 Å². The lowest BCUT2D eigenvalue weighted by Crippen LogP contribution is -2.37. The van der Waals surface area contributed by atoms with Crippen molar-refractivity contribution in [3.8, 4) is 0 Å². The Kier molecular flexibility index (Phi) is 4.89. The number of rotatable bonds is 4. The van der Waals surface area contributed by atoms with E-state index in [1.54, 1.807) is 0 Å². The molecule has 1 aliphatic rings. The first-order valence-electron chi connectivity index (χ1n) is 8.71. The van der Waals surface area contributed by atoms with Gasteiger partial charge in [0, 0.05) is 12.7 Å². The Bertz CT molecular complexity index is 738. The number of aryl methyl sites for hydroxylation is 3. The van der Waals surface area contributed by atoms with Gasteiger partial charge in [-0.1, -0.05) is 42.0 Å². The average Bonchev–Trinajstić information content (AvgIpc) is 2.59. The van der Waals surface area contributed by atoms with Gasteiger partial charge in [-0.2, -0.15) is 0 Å². The van der Waals surface area contributed by atoms with Crippen LogP contribution in [0.15, 0.2) is 42.5 Å². The number of nitrogens with one attached hydrogen (secondary N) is 1. The molecule has 126 valence electrons. The Labute approximate surface area is 144 Å². The topological polar surface area (TPSA) is 32.3 Å². The summed E-state index contributed by atoms with van der Waals surface area (Å²) in [6.07, 6.45) is 3.31. The molecule has 0 radical (unpaired) electrons. The van der Waals surface area contributed by atoms with Crippen LogP contribution in [0.4, 0.5) is 5.69 Å². The molecule has 0 saturated heterocycles. The molecule has 1 unspecified atom stereocenters. The van der Waals surface area contributed by atoms with Crippen LogP contribution >= 0.6 is 0 Å². The van der Waals surface area contributed by atoms with Crippen molar-refractivity contribution in [2.75, 3.05) is 18.9 Å². The molecule has 1 aliphatic carbocycles. The van der Waals surface area contributed by atoms with Gasteiger partial charge in [-0.25, -0.2) is 0 Å². The van der Waals surface area contributed by atoms with Crippen LogP contribution in [0.1, 0.15) is 41.1 Å². The number of hydrogen-bond donors (Lipinski definition) is 1. The smallest absolute Gasteiger partial charge is 0.242 e. The molecule has 1 amide bonds. The minimum atomic E-state index is 0.136. The minimum Gasteiger partial charge on any atom is -0.376 e. The Balaban J connectivity index is 1.67. The van der Waals surface area contributed by atoms with Crippen LogP contribution in [-0.4, -0.2) is 24.4 Å². The molecule has 1 atom stereocenters. The molecule has 0 aromatic heterocycles. The van der Waals surface area contributed by atoms with E-state index in [0.29, 0.717) is 6.54 Å². The van der Waals surface area contributed by atoms with Gasteiger partial charge in [0.2, 0.25) is 5.91 Å². The van der Waals surface area contributed by atoms with Gasteiger partial charge in [0.25, 0.3) is 0 Å². The molecule has 0 fully saturated rings. The van der Waals surface area contributed by atoms with E-state index in [4.69, 9.17) is 0 Å². The minimum absolute atomic E-state index is 0.136. The highest BCUT2D eigenvalue weighted by Crippen LogP contribution is 2.33. The van der Waals surface area contributed by atoms with E-state index >= 15 is 0 Å². The molecular formula is C21H26N2O. The monoisotopic (exact) mass is 322 g/mol. The molecule has 3 heteroatoms. The molecule has 0 bridgehead atoms. The average molecular weight is 322 g/mol. The lowest BCUT2D eigenvalue weighted by molar-refractivity contribution is -0.130. The molecule has 3 nitrogen and oxygen atoms in total. The van der Waals surface area contributed by atoms with Gasteiger partial charge in [0.15, 0.2) is 0 Å². The summed E-state index contributed by atoms with van der Waals surface area (Å²) in [4.78, 5) is 14.6. The summed E-state index contributed by atoms with van der Waals surface area (Å²) in [5, 5.41) is 3.29. The van der Waals surface area contributed by atoms with Crippen molar-refractivity contribution in [3.05, 3.63) is 64.7 Å². The fourth-order valence-corrected chi connectivity index (χ4v) is 3.61. The van der Waals surface area contributed by atoms with E-state index in [9.17, 15) is 4.79 Å². The van der Waals surface area contributed by atoms with Crippen LogP contribution in [0.25, 0.3) is 0 Å². The number of nitrogens with zero attached hydrogens (tertiary/aromatic N) is 1. The summed E-state index contributed by atoms with van der Waals surface area (Å²) >= 11 is 0. The third kappa shape index (κ3) is 3.45. The quantitative estimate of drug-likeness (QED) is 0.912. The number of carbonyl (C=O) groups excluding carboxylic acids is 1. The maximum absolute atomic E-state index is 12.7. The highest BCUT2D eigenvalue weighted by atomic mass is 16.2. The first-order chi connectivity index (χ1) is 11.6. The summed E-state index contributed by atoms with van der Waals surface area (Å²) in [5.41, 5.74) is 6.14. The number of amides is 1. The zero-order valence-corrected chi connectivity index (χ0v) is 14.8. The van der Waals surface area contributed by atoms with Crippen molar-refractivity contribution in [3.63, 3.8) is 0 Å². The molecule has 0 aliphatic heterocycles. The van der Waals surface area contributed by atoms with Crippen LogP contribution in [0, 0.1) is 13.8 Å². The van der Waals surface area contributed by atoms with Crippen LogP contribution in [-0.2, 0) is 11.2 Å². The second kappa shape index (κ2) is 7.08. The molecule has 2 aromatic carbocycles. The van der Waals surface area contributed by atoms with Crippen molar-refractivity contribution in [2.45, 2.75) is 39.2 Å². The Hall–Kier alpha value is -2.29. The third-order valence-electron chi connectivity index (χ3n) is 5.01. The SMILES string of the molecule is Cc1ccc(NCC(=O)N(C)C2CCCc3ccccc32)c(C)c1. The van der Waals surface area contributed by atoms with Crippen molar-refractivity contribution >= 4 is 11.6 Å². The van der Waals surface area contributed by atoms with Crippen LogP contribution < -0.4 is 5.32 Å². The summed E-state index contributed by atoms with van der Waals surface area (Å²) in [6, 6.07) is 15.0. The largest absolute Gasteiger partial charge is 0.376 e. The predicted octanol–water partition coefficient (Wildman–Crippen LogP) is 4.25. The second-order valence-corrected chi connectivity index (χ2v) is 6.78. The summed E-state index contributed by atoms with van der Waals surface area (Å²) in [6.45, 7) is 4.48. The highest BCUT2D eigenvalue weighted by molar-refractivity contribution is 5.81. The van der Waals surface area contributed by atoms with Crippen molar-refractivity contribution in [1.82, 2.24) is 4.90 Å². The summed E-state index contributed by atoms with van der Waals surface area (Å²) < 4.78 is 0. The lowest BCUT2D eigenvalue weighted by atomic mass is 9.87. The van der Waals surface area contributed by atoms with Crippen molar-refractivity contribution < 1.29 is 4.79 Å². The number of benzene rings is 2. The van der Waals surface area contributed by atoms with E-state index in [1.165, 1.54) is 22.3 Å². The number of fused-ring (bicyclic) bond motifs is 1.